The Bertz CT molecular complexity index is 783. The number of likely N-dealkylation sites (N-methyl/N-ethyl adjacent to an activating group) is 2. The highest BCUT2D eigenvalue weighted by Gasteiger charge is 2.10. The summed E-state index contributed by atoms with van der Waals surface area (Å²) >= 11 is 0. The molecule has 2 aromatic rings. The molecule has 34 heavy (non-hydrogen) atoms. The highest BCUT2D eigenvalue weighted by molar-refractivity contribution is 5.89. The largest absolute Gasteiger partial charge is 0.461 e. The molecule has 2 aromatic carbocycles. The summed E-state index contributed by atoms with van der Waals surface area (Å²) in [4.78, 5) is 28.9. The Kier molecular flexibility index (Phi) is 12.4. The molecule has 6 heteroatoms. The van der Waals surface area contributed by atoms with Crippen LogP contribution in [0, 0.1) is 0 Å². The predicted molar refractivity (Wildman–Crippen MR) is 136 cm³/mol. The van der Waals surface area contributed by atoms with Crippen LogP contribution in [0.25, 0.3) is 0 Å². The first kappa shape index (κ1) is 27.5. The Balaban J connectivity index is 1.76. The third-order valence-electron chi connectivity index (χ3n) is 6.15. The molecule has 0 aliphatic carbocycles. The van der Waals surface area contributed by atoms with Crippen LogP contribution in [-0.2, 0) is 22.3 Å². The van der Waals surface area contributed by atoms with Crippen LogP contribution in [-0.4, -0.2) is 74.2 Å². The van der Waals surface area contributed by atoms with Gasteiger partial charge in [0.25, 0.3) is 0 Å². The fourth-order valence-electron chi connectivity index (χ4n) is 3.68. The highest BCUT2D eigenvalue weighted by Crippen LogP contribution is 2.12. The van der Waals surface area contributed by atoms with Gasteiger partial charge in [-0.3, -0.25) is 0 Å². The monoisotopic (exact) mass is 468 g/mol. The Labute approximate surface area is 204 Å². The fourth-order valence-corrected chi connectivity index (χ4v) is 3.68. The molecule has 0 spiro atoms. The van der Waals surface area contributed by atoms with Gasteiger partial charge in [0.15, 0.2) is 0 Å². The molecule has 0 aliphatic rings. The predicted octanol–water partition coefficient (Wildman–Crippen LogP) is 4.47. The Hall–Kier alpha value is -2.70. The molecular weight excluding hydrogens is 428 g/mol. The smallest absolute Gasteiger partial charge is 0.338 e. The van der Waals surface area contributed by atoms with Gasteiger partial charge in [0.05, 0.1) is 11.1 Å². The molecule has 0 fully saturated rings. The van der Waals surface area contributed by atoms with Crippen molar-refractivity contribution in [1.82, 2.24) is 9.80 Å². The van der Waals surface area contributed by atoms with Gasteiger partial charge in [0, 0.05) is 13.1 Å². The number of esters is 2. The van der Waals surface area contributed by atoms with E-state index in [1.165, 1.54) is 0 Å². The van der Waals surface area contributed by atoms with Crippen LogP contribution in [0.2, 0.25) is 0 Å². The number of rotatable bonds is 15. The first-order valence-corrected chi connectivity index (χ1v) is 12.5. The number of nitrogens with zero attached hydrogens (tertiary/aromatic N) is 2. The second kappa shape index (κ2) is 15.3. The van der Waals surface area contributed by atoms with Crippen LogP contribution in [0.3, 0.4) is 0 Å². The van der Waals surface area contributed by atoms with Gasteiger partial charge in [-0.25, -0.2) is 9.59 Å². The fraction of sp³-hybridized carbons (Fsp3) is 0.500. The summed E-state index contributed by atoms with van der Waals surface area (Å²) in [6.07, 6.45) is 1.70. The number of hydrogen-bond donors (Lipinski definition) is 0. The maximum atomic E-state index is 12.2. The zero-order valence-electron chi connectivity index (χ0n) is 21.2. The van der Waals surface area contributed by atoms with E-state index in [-0.39, 0.29) is 11.9 Å². The van der Waals surface area contributed by atoms with Crippen LogP contribution in [0.15, 0.2) is 48.5 Å². The minimum atomic E-state index is -0.279. The maximum absolute atomic E-state index is 12.2. The average Bonchev–Trinajstić information content (AvgIpc) is 2.88. The summed E-state index contributed by atoms with van der Waals surface area (Å²) in [5.74, 6) is -0.559. The van der Waals surface area contributed by atoms with E-state index in [1.807, 2.05) is 48.5 Å². The van der Waals surface area contributed by atoms with E-state index >= 15 is 0 Å². The molecule has 0 amide bonds. The first-order valence-electron chi connectivity index (χ1n) is 12.5. The third-order valence-corrected chi connectivity index (χ3v) is 6.15. The van der Waals surface area contributed by atoms with E-state index in [0.717, 1.165) is 63.2 Å². The van der Waals surface area contributed by atoms with E-state index in [4.69, 9.17) is 9.47 Å². The molecule has 0 aromatic heterocycles. The summed E-state index contributed by atoms with van der Waals surface area (Å²) in [6.45, 7) is 14.5. The average molecular weight is 469 g/mol. The van der Waals surface area contributed by atoms with Crippen LogP contribution in [0.1, 0.15) is 59.5 Å². The van der Waals surface area contributed by atoms with Crippen molar-refractivity contribution in [2.24, 2.45) is 0 Å². The lowest BCUT2D eigenvalue weighted by atomic mass is 10.0. The van der Waals surface area contributed by atoms with Gasteiger partial charge in [0.2, 0.25) is 0 Å². The van der Waals surface area contributed by atoms with Gasteiger partial charge in [-0.2, -0.15) is 0 Å². The number of carbonyl (C=O) groups excluding carboxylic acids is 2. The van der Waals surface area contributed by atoms with Crippen molar-refractivity contribution in [2.75, 3.05) is 52.5 Å². The van der Waals surface area contributed by atoms with Crippen molar-refractivity contribution < 1.29 is 19.1 Å². The van der Waals surface area contributed by atoms with Crippen molar-refractivity contribution in [1.29, 1.82) is 0 Å². The molecule has 0 aliphatic heterocycles. The lowest BCUT2D eigenvalue weighted by molar-refractivity contribution is 0.0457. The second-order valence-corrected chi connectivity index (χ2v) is 8.22. The van der Waals surface area contributed by atoms with Crippen LogP contribution in [0.5, 0.6) is 0 Å². The zero-order chi connectivity index (χ0) is 24.8. The molecule has 186 valence electrons. The summed E-state index contributed by atoms with van der Waals surface area (Å²) in [7, 11) is 0. The van der Waals surface area contributed by atoms with Gasteiger partial charge in [0.1, 0.15) is 13.2 Å². The Morgan fingerprint density at radius 1 is 0.588 bits per heavy atom. The van der Waals surface area contributed by atoms with E-state index in [9.17, 15) is 9.59 Å². The zero-order valence-corrected chi connectivity index (χ0v) is 21.2. The number of benzene rings is 2. The maximum Gasteiger partial charge on any atom is 0.338 e. The standard InChI is InChI=1S/C28H40N2O4/c1-5-29(6-2)19-21-33-27(31)25-15-11-23(12-16-25)9-10-24-13-17-26(18-14-24)28(32)34-22-20-30(7-3)8-4/h11-18H,5-10,19-22H2,1-4H3. The van der Waals surface area contributed by atoms with Crippen molar-refractivity contribution in [3.05, 3.63) is 70.8 Å². The number of hydrogen-bond acceptors (Lipinski definition) is 6. The third kappa shape index (κ3) is 9.27. The van der Waals surface area contributed by atoms with Crippen molar-refractivity contribution in [3.63, 3.8) is 0 Å². The second-order valence-electron chi connectivity index (χ2n) is 8.22. The summed E-state index contributed by atoms with van der Waals surface area (Å²) in [5, 5.41) is 0. The Morgan fingerprint density at radius 3 is 1.21 bits per heavy atom. The van der Waals surface area contributed by atoms with Gasteiger partial charge in [-0.1, -0.05) is 52.0 Å². The van der Waals surface area contributed by atoms with Crippen LogP contribution >= 0.6 is 0 Å². The summed E-state index contributed by atoms with van der Waals surface area (Å²) < 4.78 is 10.8. The van der Waals surface area contributed by atoms with Crippen LogP contribution < -0.4 is 0 Å². The first-order chi connectivity index (χ1) is 16.5. The van der Waals surface area contributed by atoms with E-state index in [0.29, 0.717) is 24.3 Å². The lowest BCUT2D eigenvalue weighted by Crippen LogP contribution is -2.27. The molecule has 0 saturated carbocycles. The molecule has 0 saturated heterocycles. The van der Waals surface area contributed by atoms with E-state index < -0.39 is 0 Å². The quantitative estimate of drug-likeness (QED) is 0.360. The van der Waals surface area contributed by atoms with Crippen molar-refractivity contribution in [2.45, 2.75) is 40.5 Å². The van der Waals surface area contributed by atoms with E-state index in [1.54, 1.807) is 0 Å². The van der Waals surface area contributed by atoms with Gasteiger partial charge < -0.3 is 19.3 Å². The molecule has 0 bridgehead atoms. The van der Waals surface area contributed by atoms with Crippen molar-refractivity contribution >= 4 is 11.9 Å². The molecule has 0 atom stereocenters. The van der Waals surface area contributed by atoms with Gasteiger partial charge >= 0.3 is 11.9 Å². The van der Waals surface area contributed by atoms with E-state index in [2.05, 4.69) is 37.5 Å². The normalized spacial score (nSPS) is 11.1. The molecular formula is C28H40N2O4. The van der Waals surface area contributed by atoms with Gasteiger partial charge in [-0.15, -0.1) is 0 Å². The van der Waals surface area contributed by atoms with Crippen molar-refractivity contribution in [3.8, 4) is 0 Å². The SMILES string of the molecule is CCN(CC)CCOC(=O)c1ccc(CCc2ccc(C(=O)OCCN(CC)CC)cc2)cc1. The molecule has 2 rings (SSSR count). The molecule has 0 radical (unpaired) electrons. The molecule has 6 nitrogen and oxygen atoms in total. The molecule has 0 unspecified atom stereocenters. The minimum Gasteiger partial charge on any atom is -0.461 e. The topological polar surface area (TPSA) is 59.1 Å². The minimum absolute atomic E-state index is 0.279. The number of aryl methyl sites for hydroxylation is 2. The van der Waals surface area contributed by atoms with Crippen LogP contribution in [0.4, 0.5) is 0 Å². The summed E-state index contributed by atoms with van der Waals surface area (Å²) in [5.41, 5.74) is 3.46. The number of ether oxygens (including phenoxy) is 2. The highest BCUT2D eigenvalue weighted by atomic mass is 16.5. The summed E-state index contributed by atoms with van der Waals surface area (Å²) in [6, 6.07) is 15.2. The number of carbonyl (C=O) groups is 2. The Morgan fingerprint density at radius 2 is 0.912 bits per heavy atom. The molecule has 0 heterocycles. The lowest BCUT2D eigenvalue weighted by Gasteiger charge is -2.17. The van der Waals surface area contributed by atoms with Gasteiger partial charge in [-0.05, 0) is 74.4 Å². The molecule has 0 N–H and O–H groups in total.